The van der Waals surface area contributed by atoms with Crippen LogP contribution in [0.2, 0.25) is 0 Å². The van der Waals surface area contributed by atoms with Crippen LogP contribution in [-0.2, 0) is 11.2 Å². The van der Waals surface area contributed by atoms with E-state index in [-0.39, 0.29) is 24.2 Å². The third-order valence-electron chi connectivity index (χ3n) is 4.06. The summed E-state index contributed by atoms with van der Waals surface area (Å²) in [6.45, 7) is 2.30. The number of nitrogens with one attached hydrogen (secondary N) is 1. The molecule has 0 aliphatic carbocycles. The molecule has 0 saturated heterocycles. The van der Waals surface area contributed by atoms with Crippen molar-refractivity contribution in [3.05, 3.63) is 47.5 Å². The Morgan fingerprint density at radius 2 is 2.08 bits per heavy atom. The predicted octanol–water partition coefficient (Wildman–Crippen LogP) is 3.20. The summed E-state index contributed by atoms with van der Waals surface area (Å²) in [5.74, 6) is 1.28. The molecule has 1 heterocycles. The Bertz CT molecular complexity index is 749. The molecule has 0 fully saturated rings. The number of amides is 1. The van der Waals surface area contributed by atoms with Gasteiger partial charge in [-0.15, -0.1) is 12.4 Å². The van der Waals surface area contributed by atoms with Gasteiger partial charge in [0.1, 0.15) is 18.1 Å². The topological polar surface area (TPSA) is 73.6 Å². The molecule has 1 atom stereocenters. The van der Waals surface area contributed by atoms with Gasteiger partial charge in [-0.05, 0) is 54.8 Å². The first kappa shape index (κ1) is 17.9. The van der Waals surface area contributed by atoms with Crippen molar-refractivity contribution in [1.29, 1.82) is 0 Å². The summed E-state index contributed by atoms with van der Waals surface area (Å²) in [7, 11) is 1.62. The zero-order valence-corrected chi connectivity index (χ0v) is 14.5. The lowest BCUT2D eigenvalue weighted by atomic mass is 9.95. The van der Waals surface area contributed by atoms with Gasteiger partial charge >= 0.3 is 0 Å². The molecule has 128 valence electrons. The zero-order valence-electron chi connectivity index (χ0n) is 13.7. The number of nitrogens with two attached hydrogens (primary N) is 1. The monoisotopic (exact) mass is 348 g/mol. The van der Waals surface area contributed by atoms with Crippen molar-refractivity contribution in [3.8, 4) is 11.5 Å². The standard InChI is InChI=1S/C18H20N2O3.ClH/c1-11-3-4-14(19)9-16(11)20-18(21)13-7-12-8-15(22-2)5-6-17(12)23-10-13;/h3-6,8-9,13H,7,10,19H2,1-2H3,(H,20,21);1H. The summed E-state index contributed by atoms with van der Waals surface area (Å²) in [4.78, 5) is 12.5. The molecule has 1 amide bonds. The fraction of sp³-hybridized carbons (Fsp3) is 0.278. The number of carbonyl (C=O) groups is 1. The maximum atomic E-state index is 12.5. The van der Waals surface area contributed by atoms with E-state index >= 15 is 0 Å². The molecular formula is C18H21ClN2O3. The molecule has 0 aromatic heterocycles. The fourth-order valence-corrected chi connectivity index (χ4v) is 2.68. The van der Waals surface area contributed by atoms with Gasteiger partial charge in [-0.1, -0.05) is 6.07 Å². The van der Waals surface area contributed by atoms with Gasteiger partial charge in [0.15, 0.2) is 0 Å². The SMILES string of the molecule is COc1ccc2c(c1)CC(C(=O)Nc1cc(N)ccc1C)CO2.Cl. The number of halogens is 1. The van der Waals surface area contributed by atoms with Crippen molar-refractivity contribution in [2.45, 2.75) is 13.3 Å². The zero-order chi connectivity index (χ0) is 16.4. The number of fused-ring (bicyclic) bond motifs is 1. The fourth-order valence-electron chi connectivity index (χ4n) is 2.68. The predicted molar refractivity (Wildman–Crippen MR) is 97.2 cm³/mol. The van der Waals surface area contributed by atoms with Gasteiger partial charge in [0.05, 0.1) is 13.0 Å². The van der Waals surface area contributed by atoms with Crippen LogP contribution < -0.4 is 20.5 Å². The van der Waals surface area contributed by atoms with Gasteiger partial charge in [-0.2, -0.15) is 0 Å². The molecule has 0 spiro atoms. The van der Waals surface area contributed by atoms with E-state index in [0.717, 1.165) is 28.3 Å². The van der Waals surface area contributed by atoms with Crippen molar-refractivity contribution >= 4 is 29.7 Å². The van der Waals surface area contributed by atoms with Crippen molar-refractivity contribution in [1.82, 2.24) is 0 Å². The molecule has 3 rings (SSSR count). The number of ether oxygens (including phenoxy) is 2. The first-order chi connectivity index (χ1) is 11.1. The smallest absolute Gasteiger partial charge is 0.231 e. The van der Waals surface area contributed by atoms with Crippen molar-refractivity contribution in [2.24, 2.45) is 5.92 Å². The second kappa shape index (κ2) is 7.45. The van der Waals surface area contributed by atoms with Crippen LogP contribution in [-0.4, -0.2) is 19.6 Å². The molecule has 0 radical (unpaired) electrons. The number of nitrogen functional groups attached to an aromatic ring is 1. The molecular weight excluding hydrogens is 328 g/mol. The third-order valence-corrected chi connectivity index (χ3v) is 4.06. The summed E-state index contributed by atoms with van der Waals surface area (Å²) < 4.78 is 10.9. The molecule has 0 saturated carbocycles. The average Bonchev–Trinajstić information content (AvgIpc) is 2.57. The Labute approximate surface area is 147 Å². The third kappa shape index (κ3) is 3.74. The number of carbonyl (C=O) groups excluding carboxylic acids is 1. The van der Waals surface area contributed by atoms with Gasteiger partial charge in [0, 0.05) is 11.4 Å². The van der Waals surface area contributed by atoms with Gasteiger partial charge in [0.25, 0.3) is 0 Å². The maximum Gasteiger partial charge on any atom is 0.231 e. The van der Waals surface area contributed by atoms with Crippen LogP contribution in [0.3, 0.4) is 0 Å². The van der Waals surface area contributed by atoms with E-state index in [1.54, 1.807) is 13.2 Å². The molecule has 1 unspecified atom stereocenters. The largest absolute Gasteiger partial charge is 0.497 e. The number of hydrogen-bond donors (Lipinski definition) is 2. The number of hydrogen-bond acceptors (Lipinski definition) is 4. The van der Waals surface area contributed by atoms with Crippen LogP contribution in [0.4, 0.5) is 11.4 Å². The Kier molecular flexibility index (Phi) is 5.57. The van der Waals surface area contributed by atoms with Gasteiger partial charge < -0.3 is 20.5 Å². The highest BCUT2D eigenvalue weighted by atomic mass is 35.5. The summed E-state index contributed by atoms with van der Waals surface area (Å²) in [6.07, 6.45) is 0.625. The van der Waals surface area contributed by atoms with Gasteiger partial charge in [-0.3, -0.25) is 4.79 Å². The lowest BCUT2D eigenvalue weighted by Crippen LogP contribution is -2.32. The summed E-state index contributed by atoms with van der Waals surface area (Å²) in [5.41, 5.74) is 9.12. The molecule has 2 aromatic rings. The molecule has 0 bridgehead atoms. The van der Waals surface area contributed by atoms with Crippen LogP contribution in [0, 0.1) is 12.8 Å². The van der Waals surface area contributed by atoms with Crippen LogP contribution in [0.1, 0.15) is 11.1 Å². The van der Waals surface area contributed by atoms with E-state index in [1.165, 1.54) is 0 Å². The van der Waals surface area contributed by atoms with E-state index < -0.39 is 0 Å². The minimum atomic E-state index is -0.240. The van der Waals surface area contributed by atoms with Crippen LogP contribution in [0.5, 0.6) is 11.5 Å². The Morgan fingerprint density at radius 1 is 1.29 bits per heavy atom. The van der Waals surface area contributed by atoms with E-state index in [1.807, 2.05) is 37.3 Å². The number of anilines is 2. The average molecular weight is 349 g/mol. The molecule has 3 N–H and O–H groups in total. The number of rotatable bonds is 3. The molecule has 5 nitrogen and oxygen atoms in total. The molecule has 1 aliphatic rings. The van der Waals surface area contributed by atoms with Crippen LogP contribution in [0.25, 0.3) is 0 Å². The second-order valence-corrected chi connectivity index (χ2v) is 5.75. The Balaban J connectivity index is 0.00000208. The Morgan fingerprint density at radius 3 is 2.83 bits per heavy atom. The first-order valence-electron chi connectivity index (χ1n) is 7.53. The van der Waals surface area contributed by atoms with Gasteiger partial charge in [0.2, 0.25) is 5.91 Å². The Hall–Kier alpha value is -2.40. The number of aryl methyl sites for hydroxylation is 1. The van der Waals surface area contributed by atoms with Crippen molar-refractivity contribution in [3.63, 3.8) is 0 Å². The maximum absolute atomic E-state index is 12.5. The lowest BCUT2D eigenvalue weighted by molar-refractivity contribution is -0.121. The molecule has 2 aromatic carbocycles. The summed E-state index contributed by atoms with van der Waals surface area (Å²) >= 11 is 0. The molecule has 1 aliphatic heterocycles. The minimum absolute atomic E-state index is 0. The quantitative estimate of drug-likeness (QED) is 0.835. The van der Waals surface area contributed by atoms with Crippen molar-refractivity contribution in [2.75, 3.05) is 24.8 Å². The van der Waals surface area contributed by atoms with E-state index in [4.69, 9.17) is 15.2 Å². The summed E-state index contributed by atoms with van der Waals surface area (Å²) in [6, 6.07) is 11.1. The number of benzene rings is 2. The second-order valence-electron chi connectivity index (χ2n) is 5.75. The first-order valence-corrected chi connectivity index (χ1v) is 7.53. The van der Waals surface area contributed by atoms with Crippen molar-refractivity contribution < 1.29 is 14.3 Å². The molecule has 6 heteroatoms. The van der Waals surface area contributed by atoms with E-state index in [0.29, 0.717) is 18.7 Å². The van der Waals surface area contributed by atoms with E-state index in [9.17, 15) is 4.79 Å². The van der Waals surface area contributed by atoms with Crippen LogP contribution >= 0.6 is 12.4 Å². The highest BCUT2D eigenvalue weighted by Crippen LogP contribution is 2.31. The van der Waals surface area contributed by atoms with Crippen LogP contribution in [0.15, 0.2) is 36.4 Å². The lowest BCUT2D eigenvalue weighted by Gasteiger charge is -2.25. The highest BCUT2D eigenvalue weighted by Gasteiger charge is 2.26. The molecule has 24 heavy (non-hydrogen) atoms. The highest BCUT2D eigenvalue weighted by molar-refractivity contribution is 5.94. The van der Waals surface area contributed by atoms with Gasteiger partial charge in [-0.25, -0.2) is 0 Å². The normalized spacial score (nSPS) is 15.5. The number of methoxy groups -OCH3 is 1. The minimum Gasteiger partial charge on any atom is -0.497 e. The van der Waals surface area contributed by atoms with E-state index in [2.05, 4.69) is 5.32 Å². The summed E-state index contributed by atoms with van der Waals surface area (Å²) in [5, 5.41) is 2.95.